The Morgan fingerprint density at radius 1 is 1.17 bits per heavy atom. The molecule has 0 aliphatic carbocycles. The van der Waals surface area contributed by atoms with Crippen LogP contribution in [0.4, 0.5) is 0 Å². The summed E-state index contributed by atoms with van der Waals surface area (Å²) in [6.45, 7) is 6.43. The van der Waals surface area contributed by atoms with Crippen LogP contribution in [-0.2, 0) is 0 Å². The molecule has 0 fully saturated rings. The maximum atomic E-state index is 7.90. The molecule has 12 heavy (non-hydrogen) atoms. The van der Waals surface area contributed by atoms with Crippen LogP contribution in [0.5, 0.6) is 0 Å². The average molecular weight is 172 g/mol. The molecule has 0 aliphatic rings. The smallest absolute Gasteiger partial charge is 0.296 e. The molecular formula is C9H22N3+. The molecule has 0 atom stereocenters. The zero-order valence-electron chi connectivity index (χ0n) is 9.39. The molecule has 1 N–H and O–H groups in total. The summed E-state index contributed by atoms with van der Waals surface area (Å²) in [4.78, 5) is 1.85. The molecule has 72 valence electrons. The number of rotatable bonds is 0. The van der Waals surface area contributed by atoms with Crippen molar-refractivity contribution in [3.63, 3.8) is 0 Å². The van der Waals surface area contributed by atoms with E-state index in [0.29, 0.717) is 10.4 Å². The third-order valence-electron chi connectivity index (χ3n) is 2.63. The Bertz CT molecular complexity index is 175. The number of guanidine groups is 1. The van der Waals surface area contributed by atoms with Crippen LogP contribution in [0.2, 0.25) is 0 Å². The molecule has 0 aromatic heterocycles. The average Bonchev–Trinajstić information content (AvgIpc) is 1.83. The van der Waals surface area contributed by atoms with Crippen LogP contribution >= 0.6 is 0 Å². The summed E-state index contributed by atoms with van der Waals surface area (Å²) in [5, 5.41) is 7.90. The van der Waals surface area contributed by atoms with Gasteiger partial charge in [-0.25, -0.2) is 5.41 Å². The second-order valence-electron chi connectivity index (χ2n) is 4.84. The molecule has 0 radical (unpaired) electrons. The number of nitrogens with zero attached hydrogens (tertiary/aromatic N) is 2. The Labute approximate surface area is 76.1 Å². The highest BCUT2D eigenvalue weighted by atomic mass is 15.5. The first-order valence-corrected chi connectivity index (χ1v) is 4.21. The fourth-order valence-electron chi connectivity index (χ4n) is 0.818. The fraction of sp³-hybridized carbons (Fsp3) is 0.889. The zero-order valence-corrected chi connectivity index (χ0v) is 9.39. The number of nitrogens with one attached hydrogen (secondary N) is 1. The molecule has 3 nitrogen and oxygen atoms in total. The van der Waals surface area contributed by atoms with Crippen LogP contribution in [-0.4, -0.2) is 49.1 Å². The van der Waals surface area contributed by atoms with E-state index in [1.54, 1.807) is 0 Å². The van der Waals surface area contributed by atoms with Crippen molar-refractivity contribution in [2.45, 2.75) is 26.3 Å². The third-order valence-corrected chi connectivity index (χ3v) is 2.63. The number of hydrogen-bond donors (Lipinski definition) is 1. The van der Waals surface area contributed by atoms with Crippen LogP contribution in [0, 0.1) is 5.41 Å². The molecule has 0 saturated carbocycles. The number of quaternary nitrogens is 1. The van der Waals surface area contributed by atoms with E-state index in [4.69, 9.17) is 5.41 Å². The monoisotopic (exact) mass is 172 g/mol. The van der Waals surface area contributed by atoms with Crippen molar-refractivity contribution in [3.8, 4) is 0 Å². The van der Waals surface area contributed by atoms with Gasteiger partial charge in [0.15, 0.2) is 0 Å². The second-order valence-corrected chi connectivity index (χ2v) is 4.84. The first-order chi connectivity index (χ1) is 5.10. The van der Waals surface area contributed by atoms with Gasteiger partial charge in [-0.1, -0.05) is 0 Å². The normalized spacial score (nSPS) is 12.9. The van der Waals surface area contributed by atoms with Crippen LogP contribution in [0.1, 0.15) is 20.8 Å². The van der Waals surface area contributed by atoms with Crippen molar-refractivity contribution in [1.82, 2.24) is 4.90 Å². The lowest BCUT2D eigenvalue weighted by atomic mass is 10.0. The lowest BCUT2D eigenvalue weighted by Gasteiger charge is -2.42. The highest BCUT2D eigenvalue weighted by molar-refractivity contribution is 5.69. The van der Waals surface area contributed by atoms with E-state index in [9.17, 15) is 0 Å². The standard InChI is InChI=1S/C9H22N3/c1-9(2,3)12(6,7)8(10)11(4)5/h10H,1-7H3/q+1. The minimum Gasteiger partial charge on any atom is -0.318 e. The quantitative estimate of drug-likeness (QED) is 0.333. The van der Waals surface area contributed by atoms with E-state index in [1.807, 2.05) is 19.0 Å². The van der Waals surface area contributed by atoms with Crippen molar-refractivity contribution in [3.05, 3.63) is 0 Å². The summed E-state index contributed by atoms with van der Waals surface area (Å²) in [6, 6.07) is 0. The molecule has 0 bridgehead atoms. The van der Waals surface area contributed by atoms with Gasteiger partial charge in [-0.05, 0) is 20.8 Å². The molecule has 0 saturated heterocycles. The molecule has 0 aliphatic heterocycles. The Kier molecular flexibility index (Phi) is 2.91. The zero-order chi connectivity index (χ0) is 10.2. The molecule has 0 rings (SSSR count). The summed E-state index contributed by atoms with van der Waals surface area (Å²) in [5.41, 5.74) is 0.0708. The largest absolute Gasteiger partial charge is 0.318 e. The van der Waals surface area contributed by atoms with E-state index >= 15 is 0 Å². The van der Waals surface area contributed by atoms with Gasteiger partial charge in [0.1, 0.15) is 0 Å². The van der Waals surface area contributed by atoms with Crippen LogP contribution < -0.4 is 0 Å². The molecule has 0 aromatic rings. The Morgan fingerprint density at radius 3 is 1.58 bits per heavy atom. The van der Waals surface area contributed by atoms with E-state index in [1.165, 1.54) is 0 Å². The lowest BCUT2D eigenvalue weighted by molar-refractivity contribution is -0.856. The van der Waals surface area contributed by atoms with E-state index in [0.717, 1.165) is 0 Å². The van der Waals surface area contributed by atoms with Gasteiger partial charge in [-0.15, -0.1) is 0 Å². The lowest BCUT2D eigenvalue weighted by Crippen LogP contribution is -2.61. The summed E-state index contributed by atoms with van der Waals surface area (Å²) < 4.78 is 0.597. The van der Waals surface area contributed by atoms with Gasteiger partial charge >= 0.3 is 0 Å². The van der Waals surface area contributed by atoms with E-state index in [2.05, 4.69) is 34.9 Å². The Morgan fingerprint density at radius 2 is 1.50 bits per heavy atom. The molecule has 0 unspecified atom stereocenters. The van der Waals surface area contributed by atoms with Gasteiger partial charge in [0.2, 0.25) is 0 Å². The Balaban J connectivity index is 4.74. The SMILES string of the molecule is CN(C)C(=N)[N+](C)(C)C(C)(C)C. The maximum Gasteiger partial charge on any atom is 0.296 e. The first kappa shape index (κ1) is 11.4. The Hall–Kier alpha value is -0.570. The van der Waals surface area contributed by atoms with Crippen molar-refractivity contribution >= 4 is 5.96 Å². The summed E-state index contributed by atoms with van der Waals surface area (Å²) in [5.74, 6) is 0.627. The van der Waals surface area contributed by atoms with Crippen molar-refractivity contribution in [1.29, 1.82) is 5.41 Å². The molecule has 0 aromatic carbocycles. The van der Waals surface area contributed by atoms with Crippen LogP contribution in [0.3, 0.4) is 0 Å². The summed E-state index contributed by atoms with van der Waals surface area (Å²) in [7, 11) is 7.94. The van der Waals surface area contributed by atoms with E-state index < -0.39 is 0 Å². The van der Waals surface area contributed by atoms with Gasteiger partial charge in [-0.3, -0.25) is 4.48 Å². The van der Waals surface area contributed by atoms with Gasteiger partial charge in [-0.2, -0.15) is 0 Å². The highest BCUT2D eigenvalue weighted by Crippen LogP contribution is 2.19. The van der Waals surface area contributed by atoms with Gasteiger partial charge in [0.05, 0.1) is 19.6 Å². The highest BCUT2D eigenvalue weighted by Gasteiger charge is 2.37. The van der Waals surface area contributed by atoms with Gasteiger partial charge < -0.3 is 4.90 Å². The molecular weight excluding hydrogens is 150 g/mol. The molecule has 0 amide bonds. The molecule has 0 heterocycles. The van der Waals surface area contributed by atoms with E-state index in [-0.39, 0.29) is 5.54 Å². The summed E-state index contributed by atoms with van der Waals surface area (Å²) >= 11 is 0. The van der Waals surface area contributed by atoms with Gasteiger partial charge in [0.25, 0.3) is 5.96 Å². The minimum absolute atomic E-state index is 0.0708. The third kappa shape index (κ3) is 1.97. The van der Waals surface area contributed by atoms with Crippen LogP contribution in [0.25, 0.3) is 0 Å². The minimum atomic E-state index is 0.0708. The summed E-state index contributed by atoms with van der Waals surface area (Å²) in [6.07, 6.45) is 0. The topological polar surface area (TPSA) is 27.1 Å². The predicted octanol–water partition coefficient (Wildman–Crippen LogP) is 1.36. The number of hydrogen-bond acceptors (Lipinski definition) is 1. The van der Waals surface area contributed by atoms with Crippen molar-refractivity contribution in [2.24, 2.45) is 0 Å². The van der Waals surface area contributed by atoms with Crippen LogP contribution in [0.15, 0.2) is 0 Å². The van der Waals surface area contributed by atoms with Crippen molar-refractivity contribution < 1.29 is 4.48 Å². The molecule has 0 spiro atoms. The predicted molar refractivity (Wildman–Crippen MR) is 53.3 cm³/mol. The first-order valence-electron chi connectivity index (χ1n) is 4.21. The second kappa shape index (κ2) is 3.05. The van der Waals surface area contributed by atoms with Crippen molar-refractivity contribution in [2.75, 3.05) is 28.2 Å². The maximum absolute atomic E-state index is 7.90. The molecule has 3 heteroatoms. The fourth-order valence-corrected chi connectivity index (χ4v) is 0.818. The van der Waals surface area contributed by atoms with Gasteiger partial charge in [0, 0.05) is 14.1 Å².